The molecule has 2 aliphatic rings. The van der Waals surface area contributed by atoms with Crippen LogP contribution in [0.2, 0.25) is 0 Å². The second-order valence-electron chi connectivity index (χ2n) is 8.15. The van der Waals surface area contributed by atoms with Gasteiger partial charge >= 0.3 is 0 Å². The predicted octanol–water partition coefficient (Wildman–Crippen LogP) is 4.56. The van der Waals surface area contributed by atoms with Crippen molar-refractivity contribution < 1.29 is 24.2 Å². The number of anilines is 1. The van der Waals surface area contributed by atoms with Crippen LogP contribution in [0.5, 0.6) is 11.5 Å². The summed E-state index contributed by atoms with van der Waals surface area (Å²) in [6.45, 7) is 2.47. The van der Waals surface area contributed by atoms with Crippen molar-refractivity contribution in [3.63, 3.8) is 0 Å². The van der Waals surface area contributed by atoms with Crippen LogP contribution in [-0.4, -0.2) is 30.5 Å². The molecule has 1 N–H and O–H groups in total. The van der Waals surface area contributed by atoms with E-state index in [0.29, 0.717) is 29.2 Å². The zero-order valence-electron chi connectivity index (χ0n) is 18.4. The Morgan fingerprint density at radius 1 is 1.06 bits per heavy atom. The van der Waals surface area contributed by atoms with Crippen molar-refractivity contribution in [2.45, 2.75) is 19.4 Å². The highest BCUT2D eigenvalue weighted by Gasteiger charge is 2.47. The molecular formula is C27H23NO5. The average Bonchev–Trinajstić information content (AvgIpc) is 3.41. The van der Waals surface area contributed by atoms with E-state index in [9.17, 15) is 14.7 Å². The zero-order chi connectivity index (χ0) is 23.1. The van der Waals surface area contributed by atoms with Crippen LogP contribution in [0.3, 0.4) is 0 Å². The van der Waals surface area contributed by atoms with E-state index < -0.39 is 17.7 Å². The van der Waals surface area contributed by atoms with Gasteiger partial charge in [-0.25, -0.2) is 0 Å². The maximum atomic E-state index is 13.3. The molecule has 1 amide bonds. The van der Waals surface area contributed by atoms with Crippen LogP contribution in [0, 0.1) is 6.92 Å². The monoisotopic (exact) mass is 441 g/mol. The van der Waals surface area contributed by atoms with E-state index in [-0.39, 0.29) is 11.3 Å². The summed E-state index contributed by atoms with van der Waals surface area (Å²) in [5.41, 5.74) is 3.63. The Hall–Kier alpha value is -4.06. The molecule has 0 spiro atoms. The molecular weight excluding hydrogens is 418 g/mol. The number of benzene rings is 3. The van der Waals surface area contributed by atoms with E-state index in [2.05, 4.69) is 0 Å². The third-order valence-electron chi connectivity index (χ3n) is 6.19. The lowest BCUT2D eigenvalue weighted by Crippen LogP contribution is -2.30. The summed E-state index contributed by atoms with van der Waals surface area (Å²) in [4.78, 5) is 28.1. The minimum atomic E-state index is -0.800. The van der Waals surface area contributed by atoms with Crippen molar-refractivity contribution in [1.29, 1.82) is 0 Å². The first-order valence-electron chi connectivity index (χ1n) is 10.8. The van der Waals surface area contributed by atoms with Crippen LogP contribution >= 0.6 is 0 Å². The standard InChI is InChI=1S/C27H23NO5/c1-16-6-3-4-9-21(16)28-24(18-7-5-8-20(15-18)32-2)23(26(30)27(28)31)25(29)19-10-11-22-17(14-19)12-13-33-22/h3-11,14-15,24,29H,12-13H2,1-2H3/b25-23-. The number of aliphatic hydroxyl groups excluding tert-OH is 1. The Kier molecular flexibility index (Phi) is 5.13. The third kappa shape index (κ3) is 3.44. The summed E-state index contributed by atoms with van der Waals surface area (Å²) in [6, 6.07) is 19.1. The molecule has 3 aromatic rings. The van der Waals surface area contributed by atoms with Gasteiger partial charge in [-0.05, 0) is 60.0 Å². The van der Waals surface area contributed by atoms with Gasteiger partial charge in [0.15, 0.2) is 0 Å². The van der Waals surface area contributed by atoms with Gasteiger partial charge in [-0.15, -0.1) is 0 Å². The van der Waals surface area contributed by atoms with Gasteiger partial charge in [-0.2, -0.15) is 0 Å². The number of carbonyl (C=O) groups is 2. The molecule has 1 saturated heterocycles. The van der Waals surface area contributed by atoms with Crippen LogP contribution in [0.25, 0.3) is 5.76 Å². The number of hydrogen-bond donors (Lipinski definition) is 1. The fraction of sp³-hybridized carbons (Fsp3) is 0.185. The van der Waals surface area contributed by atoms with E-state index in [1.54, 1.807) is 43.5 Å². The molecule has 0 saturated carbocycles. The van der Waals surface area contributed by atoms with Crippen molar-refractivity contribution in [2.24, 2.45) is 0 Å². The van der Waals surface area contributed by atoms with E-state index in [4.69, 9.17) is 9.47 Å². The van der Waals surface area contributed by atoms with Gasteiger partial charge in [-0.1, -0.05) is 30.3 Å². The number of aryl methyl sites for hydroxylation is 1. The van der Waals surface area contributed by atoms with Crippen LogP contribution in [0.1, 0.15) is 28.3 Å². The maximum Gasteiger partial charge on any atom is 0.300 e. The summed E-state index contributed by atoms with van der Waals surface area (Å²) in [5.74, 6) is -0.232. The molecule has 33 heavy (non-hydrogen) atoms. The SMILES string of the molecule is COc1cccc(C2/C(=C(/O)c3ccc4c(c3)CCO4)C(=O)C(=O)N2c2ccccc2C)c1. The number of fused-ring (bicyclic) bond motifs is 1. The molecule has 1 fully saturated rings. The van der Waals surface area contributed by atoms with Crippen molar-refractivity contribution in [2.75, 3.05) is 18.6 Å². The highest BCUT2D eigenvalue weighted by atomic mass is 16.5. The smallest absolute Gasteiger partial charge is 0.300 e. The number of Topliss-reactive ketones (excluding diaryl/α,β-unsaturated/α-hetero) is 1. The molecule has 0 bridgehead atoms. The lowest BCUT2D eigenvalue weighted by Gasteiger charge is -2.27. The number of methoxy groups -OCH3 is 1. The largest absolute Gasteiger partial charge is 0.507 e. The van der Waals surface area contributed by atoms with Gasteiger partial charge in [0, 0.05) is 17.7 Å². The highest BCUT2D eigenvalue weighted by molar-refractivity contribution is 6.51. The molecule has 6 heteroatoms. The maximum absolute atomic E-state index is 13.3. The quantitative estimate of drug-likeness (QED) is 0.365. The molecule has 1 unspecified atom stereocenters. The van der Waals surface area contributed by atoms with Gasteiger partial charge in [0.1, 0.15) is 17.3 Å². The van der Waals surface area contributed by atoms with Crippen LogP contribution in [0.4, 0.5) is 5.69 Å². The second-order valence-corrected chi connectivity index (χ2v) is 8.15. The number of amides is 1. The number of rotatable bonds is 4. The molecule has 0 radical (unpaired) electrons. The van der Waals surface area contributed by atoms with Gasteiger partial charge in [0.05, 0.1) is 25.3 Å². The molecule has 0 aromatic heterocycles. The normalized spacial score (nSPS) is 18.8. The van der Waals surface area contributed by atoms with Crippen molar-refractivity contribution >= 4 is 23.1 Å². The first-order valence-corrected chi connectivity index (χ1v) is 10.8. The molecule has 5 rings (SSSR count). The summed E-state index contributed by atoms with van der Waals surface area (Å²) in [7, 11) is 1.56. The minimum absolute atomic E-state index is 0.0513. The van der Waals surface area contributed by atoms with Crippen molar-refractivity contribution in [1.82, 2.24) is 0 Å². The fourth-order valence-electron chi connectivity index (χ4n) is 4.53. The van der Waals surface area contributed by atoms with Crippen molar-refractivity contribution in [3.8, 4) is 11.5 Å². The number of nitrogens with zero attached hydrogens (tertiary/aromatic N) is 1. The average molecular weight is 441 g/mol. The molecule has 166 valence electrons. The third-order valence-corrected chi connectivity index (χ3v) is 6.19. The second kappa shape index (κ2) is 8.13. The predicted molar refractivity (Wildman–Crippen MR) is 125 cm³/mol. The van der Waals surface area contributed by atoms with Crippen LogP contribution in [0.15, 0.2) is 72.3 Å². The molecule has 6 nitrogen and oxygen atoms in total. The number of ether oxygens (including phenoxy) is 2. The molecule has 0 aliphatic carbocycles. The first kappa shape index (κ1) is 20.8. The first-order chi connectivity index (χ1) is 16.0. The number of aliphatic hydroxyl groups is 1. The molecule has 2 heterocycles. The Bertz CT molecular complexity index is 1310. The number of ketones is 1. The van der Waals surface area contributed by atoms with Gasteiger partial charge in [0.25, 0.3) is 11.7 Å². The number of para-hydroxylation sites is 1. The Labute approximate surface area is 191 Å². The molecule has 1 atom stereocenters. The summed E-state index contributed by atoms with van der Waals surface area (Å²) in [6.07, 6.45) is 0.729. The minimum Gasteiger partial charge on any atom is -0.507 e. The van der Waals surface area contributed by atoms with Gasteiger partial charge < -0.3 is 14.6 Å². The fourth-order valence-corrected chi connectivity index (χ4v) is 4.53. The van der Waals surface area contributed by atoms with Crippen molar-refractivity contribution in [3.05, 3.63) is 94.6 Å². The summed E-state index contributed by atoms with van der Waals surface area (Å²) < 4.78 is 10.9. The van der Waals surface area contributed by atoms with Gasteiger partial charge in [0.2, 0.25) is 0 Å². The van der Waals surface area contributed by atoms with E-state index in [1.807, 2.05) is 37.3 Å². The molecule has 3 aromatic carbocycles. The summed E-state index contributed by atoms with van der Waals surface area (Å²) in [5, 5.41) is 11.3. The lowest BCUT2D eigenvalue weighted by atomic mass is 9.94. The number of hydrogen-bond acceptors (Lipinski definition) is 5. The highest BCUT2D eigenvalue weighted by Crippen LogP contribution is 2.44. The van der Waals surface area contributed by atoms with Crippen LogP contribution in [-0.2, 0) is 16.0 Å². The summed E-state index contributed by atoms with van der Waals surface area (Å²) >= 11 is 0. The van der Waals surface area contributed by atoms with E-state index >= 15 is 0 Å². The Balaban J connectivity index is 1.73. The van der Waals surface area contributed by atoms with Crippen LogP contribution < -0.4 is 14.4 Å². The lowest BCUT2D eigenvalue weighted by molar-refractivity contribution is -0.132. The molecule has 2 aliphatic heterocycles. The van der Waals surface area contributed by atoms with E-state index in [0.717, 1.165) is 23.3 Å². The Morgan fingerprint density at radius 2 is 1.88 bits per heavy atom. The topological polar surface area (TPSA) is 76.1 Å². The number of carbonyl (C=O) groups excluding carboxylic acids is 2. The Morgan fingerprint density at radius 3 is 2.67 bits per heavy atom. The van der Waals surface area contributed by atoms with E-state index in [1.165, 1.54) is 4.90 Å². The van der Waals surface area contributed by atoms with Gasteiger partial charge in [-0.3, -0.25) is 14.5 Å². The zero-order valence-corrected chi connectivity index (χ0v) is 18.4.